The van der Waals surface area contributed by atoms with Crippen LogP contribution in [0.4, 0.5) is 0 Å². The van der Waals surface area contributed by atoms with Gasteiger partial charge in [0.25, 0.3) is 0 Å². The molecule has 3 unspecified atom stereocenters. The quantitative estimate of drug-likeness (QED) is 0.525. The summed E-state index contributed by atoms with van der Waals surface area (Å²) in [6.07, 6.45) is 3.44. The fraction of sp³-hybridized carbons (Fsp3) is 0.778. The van der Waals surface area contributed by atoms with Gasteiger partial charge in [0.2, 0.25) is 11.8 Å². The van der Waals surface area contributed by atoms with E-state index in [2.05, 4.69) is 5.32 Å². The van der Waals surface area contributed by atoms with Gasteiger partial charge in [-0.1, -0.05) is 0 Å². The zero-order chi connectivity index (χ0) is 8.29. The van der Waals surface area contributed by atoms with Crippen molar-refractivity contribution in [3.63, 3.8) is 0 Å². The molecule has 3 aliphatic rings. The lowest BCUT2D eigenvalue weighted by Gasteiger charge is -2.19. The molecular weight excluding hydrogens is 154 g/mol. The minimum absolute atomic E-state index is 0.00259. The number of hydrogen-bond acceptors (Lipinski definition) is 2. The number of carbonyl (C=O) groups is 2. The zero-order valence-electron chi connectivity index (χ0n) is 6.75. The minimum Gasteiger partial charge on any atom is -0.296 e. The molecule has 0 aromatic rings. The lowest BCUT2D eigenvalue weighted by molar-refractivity contribution is -0.126. The van der Waals surface area contributed by atoms with Crippen LogP contribution in [-0.2, 0) is 9.59 Å². The number of amides is 2. The van der Waals surface area contributed by atoms with Crippen LogP contribution in [0.5, 0.6) is 0 Å². The van der Waals surface area contributed by atoms with Gasteiger partial charge in [-0.25, -0.2) is 0 Å². The Morgan fingerprint density at radius 2 is 1.50 bits per heavy atom. The number of hydrogen-bond donors (Lipinski definition) is 1. The van der Waals surface area contributed by atoms with Crippen molar-refractivity contribution in [2.45, 2.75) is 19.3 Å². The summed E-state index contributed by atoms with van der Waals surface area (Å²) in [5, 5.41) is 2.44. The van der Waals surface area contributed by atoms with Gasteiger partial charge < -0.3 is 0 Å². The molecule has 2 saturated carbocycles. The molecule has 3 nitrogen and oxygen atoms in total. The third-order valence-electron chi connectivity index (χ3n) is 3.77. The highest BCUT2D eigenvalue weighted by molar-refractivity contribution is 6.05. The van der Waals surface area contributed by atoms with E-state index in [4.69, 9.17) is 0 Å². The molecule has 2 bridgehead atoms. The number of carbonyl (C=O) groups excluding carboxylic acids is 2. The highest BCUT2D eigenvalue weighted by Gasteiger charge is 2.57. The average Bonchev–Trinajstić information content (AvgIpc) is 2.64. The number of imide groups is 1. The second kappa shape index (κ2) is 1.90. The van der Waals surface area contributed by atoms with Crippen molar-refractivity contribution in [2.75, 3.05) is 0 Å². The third kappa shape index (κ3) is 0.586. The predicted molar refractivity (Wildman–Crippen MR) is 41.0 cm³/mol. The van der Waals surface area contributed by atoms with Gasteiger partial charge >= 0.3 is 0 Å². The molecule has 2 amide bonds. The summed E-state index contributed by atoms with van der Waals surface area (Å²) >= 11 is 0. The molecular formula is C9H11NO2. The Morgan fingerprint density at radius 3 is 2.00 bits per heavy atom. The molecule has 1 heterocycles. The minimum atomic E-state index is -0.00259. The van der Waals surface area contributed by atoms with Gasteiger partial charge in [-0.15, -0.1) is 0 Å². The molecule has 3 heteroatoms. The fourth-order valence-corrected chi connectivity index (χ4v) is 3.33. The molecule has 1 N–H and O–H groups in total. The van der Waals surface area contributed by atoms with Crippen molar-refractivity contribution in [3.05, 3.63) is 0 Å². The van der Waals surface area contributed by atoms with Gasteiger partial charge in [0.15, 0.2) is 0 Å². The van der Waals surface area contributed by atoms with Crippen LogP contribution in [0.1, 0.15) is 19.3 Å². The van der Waals surface area contributed by atoms with Crippen LogP contribution in [-0.4, -0.2) is 11.8 Å². The van der Waals surface area contributed by atoms with Gasteiger partial charge in [-0.3, -0.25) is 14.9 Å². The Balaban J connectivity index is 2.03. The summed E-state index contributed by atoms with van der Waals surface area (Å²) in [6, 6.07) is 0. The zero-order valence-corrected chi connectivity index (χ0v) is 6.75. The second-order valence-electron chi connectivity index (χ2n) is 4.24. The summed E-state index contributed by atoms with van der Waals surface area (Å²) in [5.41, 5.74) is 0. The van der Waals surface area contributed by atoms with Crippen molar-refractivity contribution < 1.29 is 9.59 Å². The van der Waals surface area contributed by atoms with Gasteiger partial charge in [-0.05, 0) is 31.1 Å². The van der Waals surface area contributed by atoms with E-state index < -0.39 is 0 Å². The normalized spacial score (nSPS) is 49.7. The maximum Gasteiger partial charge on any atom is 0.230 e. The van der Waals surface area contributed by atoms with Gasteiger partial charge in [0.05, 0.1) is 11.8 Å². The first kappa shape index (κ1) is 6.63. The summed E-state index contributed by atoms with van der Waals surface area (Å²) < 4.78 is 0. The summed E-state index contributed by atoms with van der Waals surface area (Å²) in [7, 11) is 0. The van der Waals surface area contributed by atoms with Gasteiger partial charge in [0.1, 0.15) is 0 Å². The topological polar surface area (TPSA) is 46.2 Å². The lowest BCUT2D eigenvalue weighted by Crippen LogP contribution is -2.24. The van der Waals surface area contributed by atoms with Crippen molar-refractivity contribution in [1.29, 1.82) is 0 Å². The Labute approximate surface area is 70.5 Å². The Kier molecular flexibility index (Phi) is 1.05. The van der Waals surface area contributed by atoms with Crippen molar-refractivity contribution in [2.24, 2.45) is 23.7 Å². The predicted octanol–water partition coefficient (Wildman–Crippen LogP) is 0.305. The fourth-order valence-electron chi connectivity index (χ4n) is 3.33. The van der Waals surface area contributed by atoms with E-state index in [0.717, 1.165) is 19.3 Å². The van der Waals surface area contributed by atoms with Crippen molar-refractivity contribution in [1.82, 2.24) is 5.32 Å². The highest BCUT2D eigenvalue weighted by atomic mass is 16.2. The van der Waals surface area contributed by atoms with Crippen molar-refractivity contribution >= 4 is 11.8 Å². The highest BCUT2D eigenvalue weighted by Crippen LogP contribution is 2.54. The smallest absolute Gasteiger partial charge is 0.230 e. The lowest BCUT2D eigenvalue weighted by atomic mass is 9.81. The molecule has 3 fully saturated rings. The third-order valence-corrected chi connectivity index (χ3v) is 3.77. The van der Waals surface area contributed by atoms with Crippen LogP contribution in [0, 0.1) is 23.7 Å². The van der Waals surface area contributed by atoms with Gasteiger partial charge in [-0.2, -0.15) is 0 Å². The van der Waals surface area contributed by atoms with E-state index >= 15 is 0 Å². The van der Waals surface area contributed by atoms with Crippen LogP contribution in [0.3, 0.4) is 0 Å². The Hall–Kier alpha value is -0.860. The summed E-state index contributed by atoms with van der Waals surface area (Å²) in [4.78, 5) is 22.6. The first-order valence-corrected chi connectivity index (χ1v) is 4.62. The van der Waals surface area contributed by atoms with Crippen LogP contribution in [0.2, 0.25) is 0 Å². The molecule has 1 saturated heterocycles. The van der Waals surface area contributed by atoms with Crippen molar-refractivity contribution in [3.8, 4) is 0 Å². The Bertz CT molecular complexity index is 248. The van der Waals surface area contributed by atoms with E-state index in [9.17, 15) is 9.59 Å². The monoisotopic (exact) mass is 165 g/mol. The molecule has 3 rings (SSSR count). The standard InChI is InChI=1S/C9H11NO2/c11-8-6-4-1-2-5(3-4)7(6)9(12)10-8/h4-7H,1-3H2,(H,10,11,12)/t4?,5?,6-,7?/m1/s1. The molecule has 1 aliphatic heterocycles. The summed E-state index contributed by atoms with van der Waals surface area (Å²) in [6.45, 7) is 0. The van der Waals surface area contributed by atoms with E-state index in [0.29, 0.717) is 11.8 Å². The van der Waals surface area contributed by atoms with Crippen LogP contribution in [0.25, 0.3) is 0 Å². The number of rotatable bonds is 0. The molecule has 12 heavy (non-hydrogen) atoms. The second-order valence-corrected chi connectivity index (χ2v) is 4.24. The number of fused-ring (bicyclic) bond motifs is 5. The molecule has 0 aromatic heterocycles. The van der Waals surface area contributed by atoms with E-state index in [1.54, 1.807) is 0 Å². The summed E-state index contributed by atoms with van der Waals surface area (Å²) in [5.74, 6) is 1.14. The van der Waals surface area contributed by atoms with E-state index in [-0.39, 0.29) is 23.7 Å². The maximum atomic E-state index is 11.3. The first-order valence-electron chi connectivity index (χ1n) is 4.62. The maximum absolute atomic E-state index is 11.3. The number of nitrogens with one attached hydrogen (secondary N) is 1. The molecule has 0 radical (unpaired) electrons. The first-order chi connectivity index (χ1) is 5.77. The molecule has 0 aromatic carbocycles. The Morgan fingerprint density at radius 1 is 1.00 bits per heavy atom. The van der Waals surface area contributed by atoms with Crippen LogP contribution in [0.15, 0.2) is 0 Å². The molecule has 2 aliphatic carbocycles. The van der Waals surface area contributed by atoms with E-state index in [1.165, 1.54) is 0 Å². The largest absolute Gasteiger partial charge is 0.296 e. The van der Waals surface area contributed by atoms with Gasteiger partial charge in [0, 0.05) is 0 Å². The van der Waals surface area contributed by atoms with Crippen LogP contribution < -0.4 is 5.32 Å². The van der Waals surface area contributed by atoms with Crippen LogP contribution >= 0.6 is 0 Å². The van der Waals surface area contributed by atoms with E-state index in [1.807, 2.05) is 0 Å². The average molecular weight is 165 g/mol. The molecule has 0 spiro atoms. The SMILES string of the molecule is O=C1NC(=O)[C@@H]2C3CCC(C3)C12. The molecule has 4 atom stereocenters. The molecule has 64 valence electrons.